The van der Waals surface area contributed by atoms with Crippen LogP contribution in [0.3, 0.4) is 0 Å². The van der Waals surface area contributed by atoms with Gasteiger partial charge in [0.1, 0.15) is 0 Å². The van der Waals surface area contributed by atoms with Gasteiger partial charge in [0.15, 0.2) is 0 Å². The first-order chi connectivity index (χ1) is 8.18. The van der Waals surface area contributed by atoms with Gasteiger partial charge in [-0.2, -0.15) is 0 Å². The predicted octanol–water partition coefficient (Wildman–Crippen LogP) is 2.00. The molecule has 2 N–H and O–H groups in total. The molecule has 0 saturated carbocycles. The van der Waals surface area contributed by atoms with E-state index in [9.17, 15) is 0 Å². The molecule has 17 heavy (non-hydrogen) atoms. The van der Waals surface area contributed by atoms with E-state index in [1.54, 1.807) is 0 Å². The van der Waals surface area contributed by atoms with E-state index in [2.05, 4.69) is 46.1 Å². The fraction of sp³-hybridized carbons (Fsp3) is 0.538. The van der Waals surface area contributed by atoms with E-state index in [1.807, 2.05) is 6.07 Å². The van der Waals surface area contributed by atoms with Crippen LogP contribution in [0, 0.1) is 0 Å². The summed E-state index contributed by atoms with van der Waals surface area (Å²) < 4.78 is 6.66. The molecule has 1 unspecified atom stereocenters. The van der Waals surface area contributed by atoms with Crippen molar-refractivity contribution in [2.24, 2.45) is 5.73 Å². The minimum Gasteiger partial charge on any atom is -0.379 e. The van der Waals surface area contributed by atoms with Crippen LogP contribution in [0.4, 0.5) is 0 Å². The maximum atomic E-state index is 5.93. The van der Waals surface area contributed by atoms with Crippen LogP contribution < -0.4 is 5.73 Å². The van der Waals surface area contributed by atoms with E-state index in [4.69, 9.17) is 10.5 Å². The van der Waals surface area contributed by atoms with Gasteiger partial charge in [-0.25, -0.2) is 0 Å². The number of halogens is 1. The van der Waals surface area contributed by atoms with Crippen LogP contribution in [0.2, 0.25) is 0 Å². The van der Waals surface area contributed by atoms with Crippen LogP contribution in [0.25, 0.3) is 0 Å². The molecule has 0 amide bonds. The van der Waals surface area contributed by atoms with Crippen molar-refractivity contribution >= 4 is 15.9 Å². The number of hydrogen-bond acceptors (Lipinski definition) is 3. The zero-order chi connectivity index (χ0) is 12.3. The van der Waals surface area contributed by atoms with Gasteiger partial charge in [-0.15, -0.1) is 0 Å². The van der Waals surface area contributed by atoms with Crippen LogP contribution in [-0.2, 0) is 11.3 Å². The van der Waals surface area contributed by atoms with Crippen LogP contribution in [-0.4, -0.2) is 37.2 Å². The van der Waals surface area contributed by atoms with Crippen molar-refractivity contribution < 1.29 is 4.74 Å². The molecule has 0 bridgehead atoms. The topological polar surface area (TPSA) is 38.5 Å². The maximum Gasteiger partial charge on any atom is 0.0663 e. The second kappa shape index (κ2) is 5.48. The van der Waals surface area contributed by atoms with E-state index in [-0.39, 0.29) is 5.54 Å². The van der Waals surface area contributed by atoms with Gasteiger partial charge in [0, 0.05) is 24.2 Å². The van der Waals surface area contributed by atoms with Gasteiger partial charge in [-0.3, -0.25) is 4.90 Å². The average Bonchev–Trinajstić information content (AvgIpc) is 2.82. The Morgan fingerprint density at radius 3 is 2.82 bits per heavy atom. The van der Waals surface area contributed by atoms with E-state index in [1.165, 1.54) is 5.56 Å². The van der Waals surface area contributed by atoms with Crippen molar-refractivity contribution in [2.45, 2.75) is 18.5 Å². The molecule has 1 aromatic rings. The number of ether oxygens (including phenoxy) is 1. The van der Waals surface area contributed by atoms with Gasteiger partial charge < -0.3 is 10.5 Å². The molecule has 1 fully saturated rings. The first-order valence-electron chi connectivity index (χ1n) is 5.90. The number of hydrogen-bond donors (Lipinski definition) is 1. The fourth-order valence-electron chi connectivity index (χ4n) is 2.26. The predicted molar refractivity (Wildman–Crippen MR) is 72.8 cm³/mol. The van der Waals surface area contributed by atoms with Gasteiger partial charge in [0.05, 0.1) is 12.1 Å². The third-order valence-electron chi connectivity index (χ3n) is 3.64. The lowest BCUT2D eigenvalue weighted by Crippen LogP contribution is -2.52. The highest BCUT2D eigenvalue weighted by Crippen LogP contribution is 2.27. The Bertz CT molecular complexity index is 377. The second-order valence-corrected chi connectivity index (χ2v) is 5.53. The molecule has 0 aromatic heterocycles. The summed E-state index contributed by atoms with van der Waals surface area (Å²) in [4.78, 5) is 2.32. The minimum absolute atomic E-state index is 0.00921. The summed E-state index contributed by atoms with van der Waals surface area (Å²) in [6.07, 6.45) is 1.02. The van der Waals surface area contributed by atoms with Gasteiger partial charge in [-0.1, -0.05) is 34.1 Å². The maximum absolute atomic E-state index is 5.93. The van der Waals surface area contributed by atoms with Crippen molar-refractivity contribution in [3.8, 4) is 0 Å². The lowest BCUT2D eigenvalue weighted by molar-refractivity contribution is 0.0881. The fourth-order valence-corrected chi connectivity index (χ4v) is 2.67. The number of nitrogens with zero attached hydrogens (tertiary/aromatic N) is 1. The van der Waals surface area contributed by atoms with Gasteiger partial charge in [0.25, 0.3) is 0 Å². The molecular formula is C13H19BrN2O. The third kappa shape index (κ3) is 2.71. The van der Waals surface area contributed by atoms with Crippen molar-refractivity contribution in [1.29, 1.82) is 0 Å². The number of nitrogens with two attached hydrogens (primary N) is 1. The highest BCUT2D eigenvalue weighted by molar-refractivity contribution is 9.10. The van der Waals surface area contributed by atoms with Gasteiger partial charge in [-0.05, 0) is 25.1 Å². The van der Waals surface area contributed by atoms with Crippen LogP contribution >= 0.6 is 15.9 Å². The highest BCUT2D eigenvalue weighted by Gasteiger charge is 2.37. The van der Waals surface area contributed by atoms with Crippen molar-refractivity contribution in [2.75, 3.05) is 26.8 Å². The smallest absolute Gasteiger partial charge is 0.0663 e. The van der Waals surface area contributed by atoms with E-state index in [0.717, 1.165) is 30.7 Å². The SMILES string of the molecule is CN(Cc1ccccc1Br)C1(CN)CCOC1. The lowest BCUT2D eigenvalue weighted by atomic mass is 9.96. The Balaban J connectivity index is 2.10. The molecule has 0 spiro atoms. The molecule has 1 atom stereocenters. The Kier molecular flexibility index (Phi) is 4.20. The van der Waals surface area contributed by atoms with Crippen molar-refractivity contribution in [1.82, 2.24) is 4.90 Å². The number of benzene rings is 1. The number of likely N-dealkylation sites (N-methyl/N-ethyl adjacent to an activating group) is 1. The Morgan fingerprint density at radius 2 is 2.24 bits per heavy atom. The Labute approximate surface area is 111 Å². The molecule has 0 radical (unpaired) electrons. The first kappa shape index (κ1) is 13.0. The monoisotopic (exact) mass is 298 g/mol. The molecule has 2 rings (SSSR count). The van der Waals surface area contributed by atoms with E-state index < -0.39 is 0 Å². The van der Waals surface area contributed by atoms with Crippen molar-refractivity contribution in [3.05, 3.63) is 34.3 Å². The highest BCUT2D eigenvalue weighted by atomic mass is 79.9. The third-order valence-corrected chi connectivity index (χ3v) is 4.41. The standard InChI is InChI=1S/C13H19BrN2O/c1-16(13(9-15)6-7-17-10-13)8-11-4-2-3-5-12(11)14/h2-5H,6-10,15H2,1H3. The van der Waals surface area contributed by atoms with Gasteiger partial charge >= 0.3 is 0 Å². The summed E-state index contributed by atoms with van der Waals surface area (Å²) in [6, 6.07) is 8.31. The van der Waals surface area contributed by atoms with Crippen LogP contribution in [0.1, 0.15) is 12.0 Å². The summed E-state index contributed by atoms with van der Waals surface area (Å²) in [6.45, 7) is 3.10. The minimum atomic E-state index is 0.00921. The zero-order valence-corrected chi connectivity index (χ0v) is 11.7. The summed E-state index contributed by atoms with van der Waals surface area (Å²) in [5, 5.41) is 0. The second-order valence-electron chi connectivity index (χ2n) is 4.68. The summed E-state index contributed by atoms with van der Waals surface area (Å²) in [7, 11) is 2.13. The summed E-state index contributed by atoms with van der Waals surface area (Å²) >= 11 is 3.58. The summed E-state index contributed by atoms with van der Waals surface area (Å²) in [5.41, 5.74) is 7.22. The molecule has 0 aliphatic carbocycles. The first-order valence-corrected chi connectivity index (χ1v) is 6.70. The van der Waals surface area contributed by atoms with E-state index >= 15 is 0 Å². The molecule has 1 aromatic carbocycles. The molecule has 1 aliphatic rings. The molecule has 1 heterocycles. The molecule has 4 heteroatoms. The normalized spacial score (nSPS) is 24.5. The average molecular weight is 299 g/mol. The quantitative estimate of drug-likeness (QED) is 0.924. The van der Waals surface area contributed by atoms with Gasteiger partial charge in [0.2, 0.25) is 0 Å². The van der Waals surface area contributed by atoms with Crippen LogP contribution in [0.5, 0.6) is 0 Å². The van der Waals surface area contributed by atoms with Crippen LogP contribution in [0.15, 0.2) is 28.7 Å². The molecule has 94 valence electrons. The lowest BCUT2D eigenvalue weighted by Gasteiger charge is -2.36. The Hall–Kier alpha value is -0.420. The largest absolute Gasteiger partial charge is 0.379 e. The molecule has 1 saturated heterocycles. The zero-order valence-electron chi connectivity index (χ0n) is 10.2. The molecule has 1 aliphatic heterocycles. The summed E-state index contributed by atoms with van der Waals surface area (Å²) in [5.74, 6) is 0. The van der Waals surface area contributed by atoms with Crippen molar-refractivity contribution in [3.63, 3.8) is 0 Å². The van der Waals surface area contributed by atoms with E-state index in [0.29, 0.717) is 6.54 Å². The number of rotatable bonds is 4. The molecular weight excluding hydrogens is 280 g/mol. The Morgan fingerprint density at radius 1 is 1.47 bits per heavy atom. The molecule has 3 nitrogen and oxygen atoms in total.